The summed E-state index contributed by atoms with van der Waals surface area (Å²) in [5.74, 6) is -0.265. The van der Waals surface area contributed by atoms with Crippen LogP contribution in [0.15, 0.2) is 0 Å². The SMILES string of the molecule is CCCC1(C(=O)O)CCCN1C(=O)C[C@@H](CN)CC(C)C. The van der Waals surface area contributed by atoms with Crippen LogP contribution in [-0.2, 0) is 9.59 Å². The number of hydrogen-bond donors (Lipinski definition) is 2. The first-order valence-electron chi connectivity index (χ1n) is 8.11. The molecule has 1 fully saturated rings. The molecule has 0 saturated carbocycles. The summed E-state index contributed by atoms with van der Waals surface area (Å²) < 4.78 is 0. The number of amides is 1. The van der Waals surface area contributed by atoms with Gasteiger partial charge < -0.3 is 15.7 Å². The largest absolute Gasteiger partial charge is 0.479 e. The van der Waals surface area contributed by atoms with E-state index in [9.17, 15) is 14.7 Å². The minimum absolute atomic E-state index is 0.0422. The summed E-state index contributed by atoms with van der Waals surface area (Å²) in [7, 11) is 0. The second kappa shape index (κ2) is 7.78. The van der Waals surface area contributed by atoms with Crippen molar-refractivity contribution in [3.63, 3.8) is 0 Å². The van der Waals surface area contributed by atoms with E-state index in [1.54, 1.807) is 4.90 Å². The molecule has 3 N–H and O–H groups in total. The van der Waals surface area contributed by atoms with Crippen LogP contribution < -0.4 is 5.73 Å². The Hall–Kier alpha value is -1.10. The van der Waals surface area contributed by atoms with E-state index in [0.29, 0.717) is 38.3 Å². The van der Waals surface area contributed by atoms with E-state index in [-0.39, 0.29) is 11.8 Å². The quantitative estimate of drug-likeness (QED) is 0.720. The van der Waals surface area contributed by atoms with Crippen molar-refractivity contribution >= 4 is 11.9 Å². The van der Waals surface area contributed by atoms with Crippen molar-refractivity contribution in [3.05, 3.63) is 0 Å². The van der Waals surface area contributed by atoms with E-state index in [2.05, 4.69) is 13.8 Å². The first-order chi connectivity index (χ1) is 9.87. The van der Waals surface area contributed by atoms with Gasteiger partial charge in [0.2, 0.25) is 5.91 Å². The summed E-state index contributed by atoms with van der Waals surface area (Å²) in [4.78, 5) is 26.0. The van der Waals surface area contributed by atoms with Gasteiger partial charge >= 0.3 is 5.97 Å². The number of aliphatic carboxylic acids is 1. The third kappa shape index (κ3) is 4.19. The number of nitrogens with two attached hydrogens (primary N) is 1. The molecular weight excluding hydrogens is 268 g/mol. The summed E-state index contributed by atoms with van der Waals surface area (Å²) in [5.41, 5.74) is 4.78. The zero-order chi connectivity index (χ0) is 16.0. The van der Waals surface area contributed by atoms with E-state index in [0.717, 1.165) is 19.3 Å². The fourth-order valence-electron chi connectivity index (χ4n) is 3.53. The molecule has 1 aliphatic heterocycles. The topological polar surface area (TPSA) is 83.6 Å². The second-order valence-corrected chi connectivity index (χ2v) is 6.67. The molecule has 1 amide bonds. The fourth-order valence-corrected chi connectivity index (χ4v) is 3.53. The van der Waals surface area contributed by atoms with Gasteiger partial charge in [-0.1, -0.05) is 27.2 Å². The van der Waals surface area contributed by atoms with E-state index in [1.807, 2.05) is 6.92 Å². The standard InChI is InChI=1S/C16H30N2O3/c1-4-6-16(15(20)21)7-5-8-18(16)14(19)10-13(11-17)9-12(2)3/h12-13H,4-11,17H2,1-3H3,(H,20,21)/t13-,16?/m0/s1. The van der Waals surface area contributed by atoms with Crippen molar-refractivity contribution in [1.82, 2.24) is 4.90 Å². The van der Waals surface area contributed by atoms with Crippen LogP contribution in [0.4, 0.5) is 0 Å². The predicted octanol–water partition coefficient (Wildman–Crippen LogP) is 2.24. The summed E-state index contributed by atoms with van der Waals surface area (Å²) >= 11 is 0. The molecule has 0 aromatic carbocycles. The summed E-state index contributed by atoms with van der Waals surface area (Å²) in [6, 6.07) is 0. The Balaban J connectivity index is 2.81. The van der Waals surface area contributed by atoms with Crippen LogP contribution in [0.2, 0.25) is 0 Å². The molecule has 1 saturated heterocycles. The molecule has 0 aromatic rings. The zero-order valence-electron chi connectivity index (χ0n) is 13.6. The van der Waals surface area contributed by atoms with Crippen LogP contribution in [0.25, 0.3) is 0 Å². The Morgan fingerprint density at radius 1 is 1.38 bits per heavy atom. The Labute approximate surface area is 127 Å². The van der Waals surface area contributed by atoms with E-state index >= 15 is 0 Å². The molecule has 1 aliphatic rings. The van der Waals surface area contributed by atoms with Crippen molar-refractivity contribution in [2.24, 2.45) is 17.6 Å². The number of hydrogen-bond acceptors (Lipinski definition) is 3. The zero-order valence-corrected chi connectivity index (χ0v) is 13.6. The lowest BCUT2D eigenvalue weighted by atomic mass is 9.89. The van der Waals surface area contributed by atoms with Gasteiger partial charge in [0.05, 0.1) is 0 Å². The maximum Gasteiger partial charge on any atom is 0.329 e. The Morgan fingerprint density at radius 3 is 2.52 bits per heavy atom. The van der Waals surface area contributed by atoms with Crippen LogP contribution in [0, 0.1) is 11.8 Å². The maximum atomic E-state index is 12.6. The van der Waals surface area contributed by atoms with Gasteiger partial charge in [-0.3, -0.25) is 4.79 Å². The average molecular weight is 298 g/mol. The molecule has 122 valence electrons. The average Bonchev–Trinajstić information content (AvgIpc) is 2.83. The number of nitrogens with zero attached hydrogens (tertiary/aromatic N) is 1. The third-order valence-electron chi connectivity index (χ3n) is 4.45. The highest BCUT2D eigenvalue weighted by Crippen LogP contribution is 2.35. The van der Waals surface area contributed by atoms with Crippen LogP contribution in [-0.4, -0.2) is 40.5 Å². The Morgan fingerprint density at radius 2 is 2.05 bits per heavy atom. The second-order valence-electron chi connectivity index (χ2n) is 6.67. The van der Waals surface area contributed by atoms with Gasteiger partial charge in [0.25, 0.3) is 0 Å². The van der Waals surface area contributed by atoms with Gasteiger partial charge in [0, 0.05) is 13.0 Å². The third-order valence-corrected chi connectivity index (χ3v) is 4.45. The van der Waals surface area contributed by atoms with Crippen molar-refractivity contribution in [2.45, 2.75) is 64.8 Å². The maximum absolute atomic E-state index is 12.6. The van der Waals surface area contributed by atoms with Crippen molar-refractivity contribution in [2.75, 3.05) is 13.1 Å². The van der Waals surface area contributed by atoms with Gasteiger partial charge in [-0.05, 0) is 44.1 Å². The summed E-state index contributed by atoms with van der Waals surface area (Å²) in [6.07, 6.45) is 3.92. The number of carbonyl (C=O) groups excluding carboxylic acids is 1. The predicted molar refractivity (Wildman–Crippen MR) is 82.8 cm³/mol. The highest BCUT2D eigenvalue weighted by Gasteiger charge is 2.49. The first kappa shape index (κ1) is 18.0. The van der Waals surface area contributed by atoms with Crippen LogP contribution in [0.5, 0.6) is 0 Å². The lowest BCUT2D eigenvalue weighted by molar-refractivity contribution is -0.157. The van der Waals surface area contributed by atoms with Crippen LogP contribution in [0.1, 0.15) is 59.3 Å². The fraction of sp³-hybridized carbons (Fsp3) is 0.875. The minimum Gasteiger partial charge on any atom is -0.479 e. The number of carboxylic acid groups (broad SMARTS) is 1. The molecule has 0 aliphatic carbocycles. The first-order valence-corrected chi connectivity index (χ1v) is 8.11. The van der Waals surface area contributed by atoms with Crippen molar-refractivity contribution < 1.29 is 14.7 Å². The highest BCUT2D eigenvalue weighted by atomic mass is 16.4. The molecule has 21 heavy (non-hydrogen) atoms. The van der Waals surface area contributed by atoms with E-state index in [1.165, 1.54) is 0 Å². The smallest absolute Gasteiger partial charge is 0.329 e. The molecule has 1 heterocycles. The highest BCUT2D eigenvalue weighted by molar-refractivity contribution is 5.87. The van der Waals surface area contributed by atoms with Crippen LogP contribution in [0.3, 0.4) is 0 Å². The van der Waals surface area contributed by atoms with Gasteiger partial charge in [-0.2, -0.15) is 0 Å². The lowest BCUT2D eigenvalue weighted by Crippen LogP contribution is -2.53. The van der Waals surface area contributed by atoms with Gasteiger partial charge in [0.1, 0.15) is 5.54 Å². The molecular formula is C16H30N2O3. The normalized spacial score (nSPS) is 23.6. The molecule has 1 unspecified atom stereocenters. The molecule has 0 spiro atoms. The molecule has 0 aromatic heterocycles. The monoisotopic (exact) mass is 298 g/mol. The summed E-state index contributed by atoms with van der Waals surface area (Å²) in [5, 5.41) is 9.63. The number of likely N-dealkylation sites (tertiary alicyclic amines) is 1. The Bertz CT molecular complexity index is 371. The number of carboxylic acids is 1. The van der Waals surface area contributed by atoms with E-state index < -0.39 is 11.5 Å². The summed E-state index contributed by atoms with van der Waals surface area (Å²) in [6.45, 7) is 7.23. The van der Waals surface area contributed by atoms with Crippen molar-refractivity contribution in [3.8, 4) is 0 Å². The molecule has 1 rings (SSSR count). The van der Waals surface area contributed by atoms with E-state index in [4.69, 9.17) is 5.73 Å². The minimum atomic E-state index is -0.983. The Kier molecular flexibility index (Phi) is 6.65. The molecule has 0 bridgehead atoms. The van der Waals surface area contributed by atoms with Crippen LogP contribution >= 0.6 is 0 Å². The van der Waals surface area contributed by atoms with Gasteiger partial charge in [-0.15, -0.1) is 0 Å². The molecule has 5 nitrogen and oxygen atoms in total. The number of carbonyl (C=O) groups is 2. The number of rotatable bonds is 8. The van der Waals surface area contributed by atoms with Crippen molar-refractivity contribution in [1.29, 1.82) is 0 Å². The van der Waals surface area contributed by atoms with Gasteiger partial charge in [0.15, 0.2) is 0 Å². The lowest BCUT2D eigenvalue weighted by Gasteiger charge is -2.35. The van der Waals surface area contributed by atoms with Gasteiger partial charge in [-0.25, -0.2) is 4.79 Å². The molecule has 5 heteroatoms. The molecule has 0 radical (unpaired) electrons. The molecule has 2 atom stereocenters.